The largest absolute Gasteiger partial charge is 0.324 e. The third-order valence-electron chi connectivity index (χ3n) is 5.13. The van der Waals surface area contributed by atoms with Crippen LogP contribution < -0.4 is 5.73 Å². The summed E-state index contributed by atoms with van der Waals surface area (Å²) in [5.74, 6) is 0. The highest BCUT2D eigenvalue weighted by molar-refractivity contribution is 6.23. The summed E-state index contributed by atoms with van der Waals surface area (Å²) < 4.78 is 0. The second-order valence-electron chi connectivity index (χ2n) is 6.30. The predicted octanol–water partition coefficient (Wildman–Crippen LogP) is 4.92. The fraction of sp³-hybridized carbons (Fsp3) is 0.200. The number of hydrogen-bond donors (Lipinski definition) is 1. The molecule has 0 aromatic heterocycles. The lowest BCUT2D eigenvalue weighted by molar-refractivity contribution is 0.574. The molecule has 0 saturated heterocycles. The highest BCUT2D eigenvalue weighted by Gasteiger charge is 2.21. The van der Waals surface area contributed by atoms with Gasteiger partial charge in [0.05, 0.1) is 0 Å². The molecular weight excluding hydrogens is 254 g/mol. The monoisotopic (exact) mass is 271 g/mol. The van der Waals surface area contributed by atoms with E-state index in [4.69, 9.17) is 5.73 Å². The second kappa shape index (κ2) is 3.96. The van der Waals surface area contributed by atoms with Gasteiger partial charge in [0.15, 0.2) is 0 Å². The van der Waals surface area contributed by atoms with E-state index in [0.29, 0.717) is 0 Å². The summed E-state index contributed by atoms with van der Waals surface area (Å²) in [5, 5.41) is 8.27. The van der Waals surface area contributed by atoms with Gasteiger partial charge in [-0.3, -0.25) is 0 Å². The van der Waals surface area contributed by atoms with Gasteiger partial charge in [0, 0.05) is 6.04 Å². The number of benzene rings is 4. The van der Waals surface area contributed by atoms with Gasteiger partial charge in [-0.15, -0.1) is 0 Å². The molecule has 1 aliphatic rings. The zero-order valence-corrected chi connectivity index (χ0v) is 11.9. The van der Waals surface area contributed by atoms with Crippen LogP contribution in [0, 0.1) is 0 Å². The normalized spacial score (nSPS) is 18.6. The molecule has 0 amide bonds. The smallest absolute Gasteiger partial charge is 0.0298 e. The summed E-state index contributed by atoms with van der Waals surface area (Å²) in [6.45, 7) is 0. The molecule has 0 saturated carbocycles. The first-order valence-corrected chi connectivity index (χ1v) is 7.78. The maximum Gasteiger partial charge on any atom is 0.0298 e. The number of nitrogens with two attached hydrogens (primary N) is 1. The molecule has 5 rings (SSSR count). The van der Waals surface area contributed by atoms with Crippen molar-refractivity contribution >= 4 is 32.3 Å². The zero-order valence-electron chi connectivity index (χ0n) is 11.9. The standard InChI is InChI=1S/C20H17N/c21-18-6-2-5-15-16-10-9-13-4-1-3-12-7-8-14(11-17(15)18)20(16)19(12)13/h1,3-4,7-11,18H,2,5-6,21H2. The molecule has 102 valence electrons. The van der Waals surface area contributed by atoms with Crippen molar-refractivity contribution in [2.75, 3.05) is 0 Å². The van der Waals surface area contributed by atoms with E-state index in [2.05, 4.69) is 48.5 Å². The fourth-order valence-corrected chi connectivity index (χ4v) is 4.16. The van der Waals surface area contributed by atoms with Crippen molar-refractivity contribution in [2.24, 2.45) is 5.73 Å². The Bertz CT molecular complexity index is 968. The summed E-state index contributed by atoms with van der Waals surface area (Å²) in [6, 6.07) is 18.2. The Labute approximate surface area is 123 Å². The van der Waals surface area contributed by atoms with Gasteiger partial charge in [-0.1, -0.05) is 42.5 Å². The lowest BCUT2D eigenvalue weighted by Crippen LogP contribution is -2.17. The maximum absolute atomic E-state index is 6.36. The van der Waals surface area contributed by atoms with E-state index in [1.165, 1.54) is 49.9 Å². The lowest BCUT2D eigenvalue weighted by atomic mass is 9.82. The molecule has 21 heavy (non-hydrogen) atoms. The van der Waals surface area contributed by atoms with Crippen LogP contribution in [0.4, 0.5) is 0 Å². The van der Waals surface area contributed by atoms with Gasteiger partial charge in [-0.05, 0) is 68.8 Å². The van der Waals surface area contributed by atoms with Crippen molar-refractivity contribution in [1.29, 1.82) is 0 Å². The summed E-state index contributed by atoms with van der Waals surface area (Å²) in [5.41, 5.74) is 9.22. The van der Waals surface area contributed by atoms with Crippen LogP contribution in [0.5, 0.6) is 0 Å². The molecule has 4 aromatic carbocycles. The lowest BCUT2D eigenvalue weighted by Gasteiger charge is -2.25. The Morgan fingerprint density at radius 3 is 2.48 bits per heavy atom. The van der Waals surface area contributed by atoms with Crippen LogP contribution in [0.25, 0.3) is 32.3 Å². The molecule has 2 N–H and O–H groups in total. The Morgan fingerprint density at radius 1 is 0.857 bits per heavy atom. The highest BCUT2D eigenvalue weighted by atomic mass is 14.6. The fourth-order valence-electron chi connectivity index (χ4n) is 4.16. The number of rotatable bonds is 0. The van der Waals surface area contributed by atoms with Gasteiger partial charge < -0.3 is 5.73 Å². The average molecular weight is 271 g/mol. The molecular formula is C20H17N. The van der Waals surface area contributed by atoms with E-state index in [0.717, 1.165) is 12.8 Å². The number of aryl methyl sites for hydroxylation is 1. The van der Waals surface area contributed by atoms with Crippen LogP contribution in [0.2, 0.25) is 0 Å². The van der Waals surface area contributed by atoms with Gasteiger partial charge in [-0.25, -0.2) is 0 Å². The topological polar surface area (TPSA) is 26.0 Å². The van der Waals surface area contributed by atoms with Crippen LogP contribution in [0.1, 0.15) is 30.0 Å². The van der Waals surface area contributed by atoms with Gasteiger partial charge in [0.2, 0.25) is 0 Å². The molecule has 0 bridgehead atoms. The van der Waals surface area contributed by atoms with E-state index >= 15 is 0 Å². The maximum atomic E-state index is 6.36. The van der Waals surface area contributed by atoms with Gasteiger partial charge in [0.25, 0.3) is 0 Å². The van der Waals surface area contributed by atoms with Gasteiger partial charge in [0.1, 0.15) is 0 Å². The number of fused-ring (bicyclic) bond motifs is 2. The van der Waals surface area contributed by atoms with Crippen LogP contribution in [0.15, 0.2) is 48.5 Å². The summed E-state index contributed by atoms with van der Waals surface area (Å²) in [4.78, 5) is 0. The van der Waals surface area contributed by atoms with E-state index < -0.39 is 0 Å². The third kappa shape index (κ3) is 1.44. The molecule has 1 atom stereocenters. The summed E-state index contributed by atoms with van der Waals surface area (Å²) in [6.07, 6.45) is 3.48. The first-order valence-electron chi connectivity index (χ1n) is 7.78. The average Bonchev–Trinajstić information content (AvgIpc) is 2.53. The van der Waals surface area contributed by atoms with Crippen molar-refractivity contribution in [3.05, 3.63) is 59.7 Å². The minimum absolute atomic E-state index is 0.204. The Morgan fingerprint density at radius 2 is 1.62 bits per heavy atom. The summed E-state index contributed by atoms with van der Waals surface area (Å²) >= 11 is 0. The molecule has 4 aromatic rings. The summed E-state index contributed by atoms with van der Waals surface area (Å²) in [7, 11) is 0. The minimum atomic E-state index is 0.204. The molecule has 0 spiro atoms. The Kier molecular flexibility index (Phi) is 2.17. The zero-order chi connectivity index (χ0) is 14.0. The molecule has 0 heterocycles. The predicted molar refractivity (Wildman–Crippen MR) is 90.0 cm³/mol. The molecule has 1 heteroatoms. The molecule has 0 radical (unpaired) electrons. The van der Waals surface area contributed by atoms with E-state index in [1.807, 2.05) is 0 Å². The van der Waals surface area contributed by atoms with Crippen molar-refractivity contribution in [3.8, 4) is 0 Å². The minimum Gasteiger partial charge on any atom is -0.324 e. The van der Waals surface area contributed by atoms with E-state index in [1.54, 1.807) is 0 Å². The number of hydrogen-bond acceptors (Lipinski definition) is 1. The van der Waals surface area contributed by atoms with Crippen molar-refractivity contribution in [2.45, 2.75) is 25.3 Å². The first-order chi connectivity index (χ1) is 10.3. The van der Waals surface area contributed by atoms with Gasteiger partial charge >= 0.3 is 0 Å². The first kappa shape index (κ1) is 11.5. The second-order valence-corrected chi connectivity index (χ2v) is 6.30. The van der Waals surface area contributed by atoms with Crippen LogP contribution in [-0.4, -0.2) is 0 Å². The molecule has 1 nitrogen and oxygen atoms in total. The van der Waals surface area contributed by atoms with Crippen molar-refractivity contribution in [3.63, 3.8) is 0 Å². The molecule has 0 aliphatic heterocycles. The van der Waals surface area contributed by atoms with Crippen LogP contribution in [0.3, 0.4) is 0 Å². The Balaban J connectivity index is 2.07. The van der Waals surface area contributed by atoms with E-state index in [9.17, 15) is 0 Å². The third-order valence-corrected chi connectivity index (χ3v) is 5.13. The quantitative estimate of drug-likeness (QED) is 0.451. The van der Waals surface area contributed by atoms with Crippen LogP contribution in [-0.2, 0) is 6.42 Å². The van der Waals surface area contributed by atoms with Crippen molar-refractivity contribution < 1.29 is 0 Å². The molecule has 1 unspecified atom stereocenters. The Hall–Kier alpha value is -2.12. The SMILES string of the molecule is NC1CCCc2c1cc1ccc3cccc4ccc2c1c34. The van der Waals surface area contributed by atoms with E-state index in [-0.39, 0.29) is 6.04 Å². The highest BCUT2D eigenvalue weighted by Crippen LogP contribution is 2.41. The van der Waals surface area contributed by atoms with Gasteiger partial charge in [-0.2, -0.15) is 0 Å². The molecule has 0 fully saturated rings. The van der Waals surface area contributed by atoms with Crippen molar-refractivity contribution in [1.82, 2.24) is 0 Å². The van der Waals surface area contributed by atoms with Crippen LogP contribution >= 0.6 is 0 Å². The molecule has 1 aliphatic carbocycles.